The number of rotatable bonds is 5. The van der Waals surface area contributed by atoms with Gasteiger partial charge in [-0.25, -0.2) is 5.01 Å². The number of nitrogens with zero attached hydrogens (tertiary/aromatic N) is 1. The largest absolute Gasteiger partial charge is 0.493 e. The second-order valence-corrected chi connectivity index (χ2v) is 3.60. The predicted octanol–water partition coefficient (Wildman–Crippen LogP) is 0.630. The number of carbonyl (C=O) groups excluding carboxylic acids is 1. The monoisotopic (exact) mass is 223 g/mol. The summed E-state index contributed by atoms with van der Waals surface area (Å²) in [5.41, 5.74) is 8.86. The van der Waals surface area contributed by atoms with Crippen LogP contribution in [-0.4, -0.2) is 31.6 Å². The fraction of sp³-hybridized carbons (Fsp3) is 0.364. The van der Waals surface area contributed by atoms with Gasteiger partial charge in [-0.1, -0.05) is 0 Å². The molecule has 0 aliphatic carbocycles. The molecule has 0 bridgehead atoms. The van der Waals surface area contributed by atoms with Gasteiger partial charge in [-0.15, -0.1) is 0 Å². The van der Waals surface area contributed by atoms with E-state index in [1.165, 1.54) is 0 Å². The van der Waals surface area contributed by atoms with Crippen molar-refractivity contribution in [3.8, 4) is 5.75 Å². The molecule has 0 aliphatic rings. The van der Waals surface area contributed by atoms with Crippen molar-refractivity contribution in [1.29, 1.82) is 0 Å². The highest BCUT2D eigenvalue weighted by Crippen LogP contribution is 2.12. The lowest BCUT2D eigenvalue weighted by atomic mass is 10.3. The summed E-state index contributed by atoms with van der Waals surface area (Å²) in [5.74, 6) is 0.646. The smallest absolute Gasteiger partial charge is 0.237 e. The Labute approximate surface area is 95.2 Å². The van der Waals surface area contributed by atoms with Gasteiger partial charge in [-0.2, -0.15) is 0 Å². The van der Waals surface area contributed by atoms with E-state index in [9.17, 15) is 4.79 Å². The van der Waals surface area contributed by atoms with Crippen molar-refractivity contribution < 1.29 is 9.53 Å². The number of amides is 1. The van der Waals surface area contributed by atoms with Crippen molar-refractivity contribution in [2.75, 3.05) is 26.4 Å². The molecular formula is C11H17N3O2. The van der Waals surface area contributed by atoms with Gasteiger partial charge in [-0.3, -0.25) is 10.2 Å². The van der Waals surface area contributed by atoms with Crippen LogP contribution in [0.5, 0.6) is 5.75 Å². The molecule has 0 atom stereocenters. The number of nitrogens with one attached hydrogen (secondary N) is 1. The molecule has 1 aromatic carbocycles. The van der Waals surface area contributed by atoms with E-state index in [0.717, 1.165) is 0 Å². The van der Waals surface area contributed by atoms with Gasteiger partial charge in [0.25, 0.3) is 0 Å². The molecule has 1 amide bonds. The average Bonchev–Trinajstić information content (AvgIpc) is 2.20. The summed E-state index contributed by atoms with van der Waals surface area (Å²) in [6.45, 7) is 0.351. The van der Waals surface area contributed by atoms with Gasteiger partial charge in [0.1, 0.15) is 5.75 Å². The number of carbonyl (C=O) groups is 1. The van der Waals surface area contributed by atoms with Crippen LogP contribution in [0, 0.1) is 0 Å². The number of hydrogen-bond acceptors (Lipinski definition) is 4. The molecule has 0 saturated heterocycles. The Hall–Kier alpha value is -1.75. The Morgan fingerprint density at radius 2 is 2.00 bits per heavy atom. The van der Waals surface area contributed by atoms with Crippen LogP contribution in [-0.2, 0) is 4.79 Å². The van der Waals surface area contributed by atoms with E-state index in [2.05, 4.69) is 5.43 Å². The van der Waals surface area contributed by atoms with Crippen LogP contribution in [0.3, 0.4) is 0 Å². The first-order valence-electron chi connectivity index (χ1n) is 5.03. The maximum atomic E-state index is 11.2. The van der Waals surface area contributed by atoms with Crippen molar-refractivity contribution in [3.63, 3.8) is 0 Å². The summed E-state index contributed by atoms with van der Waals surface area (Å²) in [6.07, 6.45) is 0.322. The first-order chi connectivity index (χ1) is 7.58. The van der Waals surface area contributed by atoms with E-state index in [1.54, 1.807) is 43.4 Å². The molecule has 1 rings (SSSR count). The molecule has 5 nitrogen and oxygen atoms in total. The molecule has 0 radical (unpaired) electrons. The average molecular weight is 223 g/mol. The van der Waals surface area contributed by atoms with E-state index < -0.39 is 0 Å². The van der Waals surface area contributed by atoms with Crippen LogP contribution in [0.25, 0.3) is 0 Å². The van der Waals surface area contributed by atoms with Crippen molar-refractivity contribution in [2.24, 2.45) is 0 Å². The summed E-state index contributed by atoms with van der Waals surface area (Å²) >= 11 is 0. The minimum atomic E-state index is -0.0690. The van der Waals surface area contributed by atoms with Gasteiger partial charge in [0.2, 0.25) is 5.91 Å². The molecule has 16 heavy (non-hydrogen) atoms. The molecule has 0 aromatic heterocycles. The Bertz CT molecular complexity index is 336. The van der Waals surface area contributed by atoms with Crippen LogP contribution in [0.2, 0.25) is 0 Å². The number of nitrogen functional groups attached to an aromatic ring is 1. The maximum absolute atomic E-state index is 11.2. The molecule has 0 aliphatic heterocycles. The lowest BCUT2D eigenvalue weighted by Crippen LogP contribution is -2.36. The molecule has 1 aromatic rings. The highest BCUT2D eigenvalue weighted by Gasteiger charge is 2.02. The Balaban J connectivity index is 2.25. The molecule has 5 heteroatoms. The number of nitrogens with two attached hydrogens (primary N) is 1. The standard InChI is InChI=1S/C11H17N3O2/c1-14(2)13-11(15)7-8-16-10-5-3-9(12)4-6-10/h3-6H,7-8,12H2,1-2H3,(H,13,15). The van der Waals surface area contributed by atoms with E-state index >= 15 is 0 Å². The third-order valence-electron chi connectivity index (χ3n) is 1.83. The molecule has 88 valence electrons. The van der Waals surface area contributed by atoms with E-state index in [0.29, 0.717) is 24.5 Å². The molecule has 0 heterocycles. The summed E-state index contributed by atoms with van der Waals surface area (Å²) in [5, 5.41) is 1.60. The Kier molecular flexibility index (Phi) is 4.60. The van der Waals surface area contributed by atoms with Gasteiger partial charge in [-0.05, 0) is 24.3 Å². The minimum absolute atomic E-state index is 0.0690. The third-order valence-corrected chi connectivity index (χ3v) is 1.83. The molecule has 0 fully saturated rings. The third kappa shape index (κ3) is 4.65. The highest BCUT2D eigenvalue weighted by molar-refractivity contribution is 5.75. The number of hydrogen-bond donors (Lipinski definition) is 2. The van der Waals surface area contributed by atoms with Gasteiger partial charge >= 0.3 is 0 Å². The van der Waals surface area contributed by atoms with Gasteiger partial charge in [0.15, 0.2) is 0 Å². The first kappa shape index (κ1) is 12.3. The SMILES string of the molecule is CN(C)NC(=O)CCOc1ccc(N)cc1. The number of hydrazine groups is 1. The highest BCUT2D eigenvalue weighted by atomic mass is 16.5. The second kappa shape index (κ2) is 5.97. The van der Waals surface area contributed by atoms with Gasteiger partial charge in [0, 0.05) is 19.8 Å². The lowest BCUT2D eigenvalue weighted by Gasteiger charge is -2.12. The fourth-order valence-corrected chi connectivity index (χ4v) is 1.13. The number of ether oxygens (including phenoxy) is 1. The van der Waals surface area contributed by atoms with Crippen molar-refractivity contribution in [2.45, 2.75) is 6.42 Å². The van der Waals surface area contributed by atoms with Crippen molar-refractivity contribution in [1.82, 2.24) is 10.4 Å². The Morgan fingerprint density at radius 1 is 1.38 bits per heavy atom. The summed E-state index contributed by atoms with van der Waals surface area (Å²) in [6, 6.07) is 7.07. The first-order valence-corrected chi connectivity index (χ1v) is 5.03. The normalized spacial score (nSPS) is 10.2. The molecule has 3 N–H and O–H groups in total. The van der Waals surface area contributed by atoms with Crippen LogP contribution < -0.4 is 15.9 Å². The van der Waals surface area contributed by atoms with Crippen LogP contribution in [0.4, 0.5) is 5.69 Å². The topological polar surface area (TPSA) is 67.6 Å². The zero-order chi connectivity index (χ0) is 12.0. The van der Waals surface area contributed by atoms with Crippen LogP contribution in [0.1, 0.15) is 6.42 Å². The quantitative estimate of drug-likeness (QED) is 0.567. The summed E-state index contributed by atoms with van der Waals surface area (Å²) in [4.78, 5) is 11.2. The molecule has 0 saturated carbocycles. The zero-order valence-electron chi connectivity index (χ0n) is 9.56. The van der Waals surface area contributed by atoms with Crippen molar-refractivity contribution in [3.05, 3.63) is 24.3 Å². The molecule has 0 spiro atoms. The van der Waals surface area contributed by atoms with Crippen molar-refractivity contribution >= 4 is 11.6 Å². The minimum Gasteiger partial charge on any atom is -0.493 e. The van der Waals surface area contributed by atoms with Crippen LogP contribution in [0.15, 0.2) is 24.3 Å². The second-order valence-electron chi connectivity index (χ2n) is 3.60. The van der Waals surface area contributed by atoms with E-state index in [4.69, 9.17) is 10.5 Å². The Morgan fingerprint density at radius 3 is 2.56 bits per heavy atom. The zero-order valence-corrected chi connectivity index (χ0v) is 9.56. The number of anilines is 1. The van der Waals surface area contributed by atoms with Crippen LogP contribution >= 0.6 is 0 Å². The number of benzene rings is 1. The lowest BCUT2D eigenvalue weighted by molar-refractivity contribution is -0.125. The maximum Gasteiger partial charge on any atom is 0.237 e. The fourth-order valence-electron chi connectivity index (χ4n) is 1.13. The molecule has 0 unspecified atom stereocenters. The molecular weight excluding hydrogens is 206 g/mol. The van der Waals surface area contributed by atoms with Gasteiger partial charge < -0.3 is 10.5 Å². The summed E-state index contributed by atoms with van der Waals surface area (Å²) < 4.78 is 5.38. The van der Waals surface area contributed by atoms with Gasteiger partial charge in [0.05, 0.1) is 13.0 Å². The van der Waals surface area contributed by atoms with E-state index in [1.807, 2.05) is 0 Å². The summed E-state index contributed by atoms with van der Waals surface area (Å²) in [7, 11) is 3.53. The predicted molar refractivity (Wildman–Crippen MR) is 62.8 cm³/mol. The van der Waals surface area contributed by atoms with E-state index in [-0.39, 0.29) is 5.91 Å².